The highest BCUT2D eigenvalue weighted by Crippen LogP contribution is 1.57. The van der Waals surface area contributed by atoms with Gasteiger partial charge in [0.15, 0.2) is 0 Å². The summed E-state index contributed by atoms with van der Waals surface area (Å²) < 4.78 is 34.1. The van der Waals surface area contributed by atoms with Crippen molar-refractivity contribution in [2.24, 2.45) is 0 Å². The molecular weight excluding hydrogens is 200 g/mol. The molecule has 0 spiro atoms. The predicted molar refractivity (Wildman–Crippen MR) is 40.1 cm³/mol. The lowest BCUT2D eigenvalue weighted by atomic mass is 10.6. The molecule has 8 nitrogen and oxygen atoms in total. The van der Waals surface area contributed by atoms with Crippen LogP contribution in [-0.2, 0) is 10.4 Å². The van der Waals surface area contributed by atoms with Crippen molar-refractivity contribution in [1.82, 2.24) is 10.9 Å². The van der Waals surface area contributed by atoms with E-state index in [-0.39, 0.29) is 0 Å². The molecule has 2 heterocycles. The van der Waals surface area contributed by atoms with Gasteiger partial charge in [0, 0.05) is 10.4 Å². The SMILES string of the molecule is C1C[NH2+]N1.C1C[NH2+]N1.O=S(=O)([O-])[O-]. The first kappa shape index (κ1) is 12.7. The fourth-order valence-corrected chi connectivity index (χ4v) is 0.289. The molecule has 9 heteroatoms. The minimum Gasteiger partial charge on any atom is -0.759 e. The smallest absolute Gasteiger partial charge is 0.111 e. The number of rotatable bonds is 0. The van der Waals surface area contributed by atoms with Crippen molar-refractivity contribution >= 4 is 10.4 Å². The van der Waals surface area contributed by atoms with Gasteiger partial charge in [-0.25, -0.2) is 0 Å². The zero-order chi connectivity index (χ0) is 10.2. The van der Waals surface area contributed by atoms with Crippen molar-refractivity contribution in [2.75, 3.05) is 26.2 Å². The molecule has 0 aromatic heterocycles. The molecule has 0 aliphatic carbocycles. The van der Waals surface area contributed by atoms with Crippen LogP contribution in [0, 0.1) is 0 Å². The largest absolute Gasteiger partial charge is 0.759 e. The van der Waals surface area contributed by atoms with E-state index in [0.717, 1.165) is 0 Å². The number of quaternary nitrogens is 2. The van der Waals surface area contributed by atoms with E-state index in [1.807, 2.05) is 0 Å². The second-order valence-electron chi connectivity index (χ2n) is 2.30. The van der Waals surface area contributed by atoms with E-state index in [2.05, 4.69) is 21.7 Å². The molecule has 0 aromatic rings. The maximum atomic E-state index is 8.52. The van der Waals surface area contributed by atoms with Crippen LogP contribution in [0.15, 0.2) is 0 Å². The van der Waals surface area contributed by atoms with E-state index in [1.165, 1.54) is 26.2 Å². The lowest BCUT2D eigenvalue weighted by Gasteiger charge is -2.07. The van der Waals surface area contributed by atoms with Crippen molar-refractivity contribution < 1.29 is 28.4 Å². The fourth-order valence-electron chi connectivity index (χ4n) is 0.289. The van der Waals surface area contributed by atoms with Crippen LogP contribution >= 0.6 is 0 Å². The minimum atomic E-state index is -5.17. The average Bonchev–Trinajstić information content (AvgIpc) is 1.41. The highest BCUT2D eigenvalue weighted by molar-refractivity contribution is 7.79. The summed E-state index contributed by atoms with van der Waals surface area (Å²) in [5, 5.41) is 0. The molecule has 6 N–H and O–H groups in total. The Balaban J connectivity index is 0.000000167. The van der Waals surface area contributed by atoms with Crippen molar-refractivity contribution in [2.45, 2.75) is 0 Å². The molecule has 0 atom stereocenters. The highest BCUT2D eigenvalue weighted by Gasteiger charge is 1.96. The monoisotopic (exact) mass is 214 g/mol. The molecule has 2 saturated heterocycles. The zero-order valence-electron chi connectivity index (χ0n) is 7.02. The molecule has 0 unspecified atom stereocenters. The third-order valence-corrected chi connectivity index (χ3v) is 1.15. The number of nitrogens with two attached hydrogens (primary N) is 2. The Morgan fingerprint density at radius 3 is 1.08 bits per heavy atom. The topological polar surface area (TPSA) is 138 Å². The summed E-state index contributed by atoms with van der Waals surface area (Å²) in [5.41, 5.74) is 10.1. The molecule has 2 fully saturated rings. The lowest BCUT2D eigenvalue weighted by molar-refractivity contribution is -0.760. The van der Waals surface area contributed by atoms with Gasteiger partial charge in [-0.1, -0.05) is 0 Å². The summed E-state index contributed by atoms with van der Waals surface area (Å²) in [6.07, 6.45) is 0. The first-order valence-corrected chi connectivity index (χ1v) is 5.10. The van der Waals surface area contributed by atoms with Crippen LogP contribution in [0.25, 0.3) is 0 Å². The maximum absolute atomic E-state index is 8.52. The Bertz CT molecular complexity index is 174. The van der Waals surface area contributed by atoms with E-state index in [0.29, 0.717) is 0 Å². The van der Waals surface area contributed by atoms with Gasteiger partial charge in [0.25, 0.3) is 0 Å². The van der Waals surface area contributed by atoms with E-state index in [1.54, 1.807) is 0 Å². The van der Waals surface area contributed by atoms with Crippen LogP contribution in [0.2, 0.25) is 0 Å². The first-order valence-electron chi connectivity index (χ1n) is 3.77. The summed E-state index contributed by atoms with van der Waals surface area (Å²) >= 11 is 0. The number of hydrogen-bond acceptors (Lipinski definition) is 6. The molecule has 0 saturated carbocycles. The Morgan fingerprint density at radius 1 is 1.00 bits per heavy atom. The minimum absolute atomic E-state index is 1.19. The van der Waals surface area contributed by atoms with Crippen molar-refractivity contribution in [3.63, 3.8) is 0 Å². The molecule has 0 radical (unpaired) electrons. The van der Waals surface area contributed by atoms with Gasteiger partial charge in [0.05, 0.1) is 13.1 Å². The summed E-state index contributed by atoms with van der Waals surface area (Å²) in [7, 11) is -5.17. The Morgan fingerprint density at radius 2 is 1.08 bits per heavy atom. The average molecular weight is 214 g/mol. The van der Waals surface area contributed by atoms with Gasteiger partial charge in [0.2, 0.25) is 0 Å². The van der Waals surface area contributed by atoms with Gasteiger partial charge >= 0.3 is 0 Å². The molecule has 80 valence electrons. The Labute approximate surface area is 76.6 Å². The van der Waals surface area contributed by atoms with Crippen LogP contribution in [0.1, 0.15) is 0 Å². The normalized spacial score (nSPS) is 19.2. The van der Waals surface area contributed by atoms with Crippen LogP contribution < -0.4 is 21.7 Å². The molecule has 13 heavy (non-hydrogen) atoms. The van der Waals surface area contributed by atoms with Gasteiger partial charge < -0.3 is 9.11 Å². The summed E-state index contributed by atoms with van der Waals surface area (Å²) in [6, 6.07) is 0. The fraction of sp³-hybridized carbons (Fsp3) is 1.00. The molecule has 0 amide bonds. The zero-order valence-corrected chi connectivity index (χ0v) is 7.84. The first-order chi connectivity index (χ1) is 6.00. The molecule has 0 bridgehead atoms. The summed E-state index contributed by atoms with van der Waals surface area (Å²) in [4.78, 5) is 0. The van der Waals surface area contributed by atoms with Gasteiger partial charge in [-0.15, -0.1) is 0 Å². The third kappa shape index (κ3) is 18.6. The van der Waals surface area contributed by atoms with Crippen molar-refractivity contribution in [1.29, 1.82) is 0 Å². The van der Waals surface area contributed by atoms with Gasteiger partial charge in [-0.2, -0.15) is 10.9 Å². The van der Waals surface area contributed by atoms with Gasteiger partial charge in [0.1, 0.15) is 13.1 Å². The molecule has 2 rings (SSSR count). The highest BCUT2D eigenvalue weighted by atomic mass is 32.3. The summed E-state index contributed by atoms with van der Waals surface area (Å²) in [5.74, 6) is 0. The van der Waals surface area contributed by atoms with Crippen molar-refractivity contribution in [3.05, 3.63) is 0 Å². The standard InChI is InChI=1S/2C2H6N2.H2O4S/c2*1-2-4-3-1;1-5(2,3)4/h2*3-4H,1-2H2;(H2,1,2,3,4). The van der Waals surface area contributed by atoms with E-state index >= 15 is 0 Å². The van der Waals surface area contributed by atoms with Crippen LogP contribution in [0.3, 0.4) is 0 Å². The number of nitrogens with one attached hydrogen (secondary N) is 2. The quantitative estimate of drug-likeness (QED) is 0.181. The van der Waals surface area contributed by atoms with Gasteiger partial charge in [-0.05, 0) is 0 Å². The van der Waals surface area contributed by atoms with Crippen LogP contribution in [0.4, 0.5) is 0 Å². The Hall–Kier alpha value is -0.290. The molecule has 2 aliphatic heterocycles. The second-order valence-corrected chi connectivity index (χ2v) is 3.12. The van der Waals surface area contributed by atoms with Crippen LogP contribution in [0.5, 0.6) is 0 Å². The van der Waals surface area contributed by atoms with E-state index in [4.69, 9.17) is 17.5 Å². The number of hydrogen-bond donors (Lipinski definition) is 4. The maximum Gasteiger partial charge on any atom is 0.111 e. The predicted octanol–water partition coefficient (Wildman–Crippen LogP) is -5.20. The summed E-state index contributed by atoms with van der Waals surface area (Å²) in [6.45, 7) is 4.92. The van der Waals surface area contributed by atoms with E-state index < -0.39 is 10.4 Å². The second kappa shape index (κ2) is 7.15. The molecular formula is C4H14N4O4S. The lowest BCUT2D eigenvalue weighted by Crippen LogP contribution is -3.03. The van der Waals surface area contributed by atoms with Gasteiger partial charge in [-0.3, -0.25) is 19.3 Å². The van der Waals surface area contributed by atoms with Crippen molar-refractivity contribution in [3.8, 4) is 0 Å². The van der Waals surface area contributed by atoms with Crippen LogP contribution in [-0.4, -0.2) is 43.7 Å². The Kier molecular flexibility index (Phi) is 6.99. The van der Waals surface area contributed by atoms with E-state index in [9.17, 15) is 0 Å². The molecule has 0 aromatic carbocycles. The third-order valence-electron chi connectivity index (χ3n) is 1.15. The molecule has 2 aliphatic rings.